The van der Waals surface area contributed by atoms with E-state index in [1.807, 2.05) is 38.1 Å². The van der Waals surface area contributed by atoms with Crippen LogP contribution in [-0.4, -0.2) is 69.5 Å². The third-order valence-electron chi connectivity index (χ3n) is 4.85. The van der Waals surface area contributed by atoms with Gasteiger partial charge in [0.25, 0.3) is 0 Å². The number of nitrogens with zero attached hydrogens (tertiary/aromatic N) is 7. The van der Waals surface area contributed by atoms with Crippen LogP contribution >= 0.6 is 0 Å². The zero-order valence-electron chi connectivity index (χ0n) is 16.1. The summed E-state index contributed by atoms with van der Waals surface area (Å²) in [6, 6.07) is 7.46. The molecular weight excluding hydrogens is 378 g/mol. The Morgan fingerprint density at radius 1 is 1.21 bits per heavy atom. The van der Waals surface area contributed by atoms with Crippen LogP contribution in [0.4, 0.5) is 5.82 Å². The fraction of sp³-hybridized carbons (Fsp3) is 0.444. The molecule has 1 fully saturated rings. The molecule has 3 aromatic rings. The molecule has 0 aromatic carbocycles. The summed E-state index contributed by atoms with van der Waals surface area (Å²) < 4.78 is 28.0. The second-order valence-electron chi connectivity index (χ2n) is 7.47. The topological polar surface area (TPSA) is 96.6 Å². The highest BCUT2D eigenvalue weighted by Crippen LogP contribution is 2.25. The number of rotatable bonds is 6. The summed E-state index contributed by atoms with van der Waals surface area (Å²) in [6.45, 7) is 5.04. The molecule has 1 aliphatic rings. The molecule has 0 spiro atoms. The Balaban J connectivity index is 1.52. The Bertz CT molecular complexity index is 1080. The Labute approximate surface area is 164 Å². The van der Waals surface area contributed by atoms with Gasteiger partial charge in [-0.25, -0.2) is 8.42 Å². The normalized spacial score (nSPS) is 15.5. The molecule has 1 saturated heterocycles. The lowest BCUT2D eigenvalue weighted by atomic mass is 10.1. The number of aromatic nitrogens is 5. The molecule has 0 amide bonds. The maximum absolute atomic E-state index is 12.4. The number of anilines is 1. The van der Waals surface area contributed by atoms with Gasteiger partial charge in [0.2, 0.25) is 10.0 Å². The highest BCUT2D eigenvalue weighted by atomic mass is 32.2. The fourth-order valence-electron chi connectivity index (χ4n) is 3.26. The monoisotopic (exact) mass is 401 g/mol. The van der Waals surface area contributed by atoms with Gasteiger partial charge in [0.1, 0.15) is 5.82 Å². The maximum atomic E-state index is 12.4. The zero-order chi connectivity index (χ0) is 19.9. The van der Waals surface area contributed by atoms with Gasteiger partial charge in [-0.05, 0) is 30.2 Å². The minimum atomic E-state index is -3.24. The first-order chi connectivity index (χ1) is 13.3. The van der Waals surface area contributed by atoms with E-state index in [1.54, 1.807) is 24.0 Å². The molecule has 0 N–H and O–H groups in total. The number of hydrogen-bond donors (Lipinski definition) is 0. The van der Waals surface area contributed by atoms with Gasteiger partial charge in [-0.3, -0.25) is 4.98 Å². The van der Waals surface area contributed by atoms with Gasteiger partial charge in [-0.15, -0.1) is 15.3 Å². The Kier molecular flexibility index (Phi) is 4.76. The average Bonchev–Trinajstić information content (AvgIpc) is 3.03. The van der Waals surface area contributed by atoms with E-state index in [2.05, 4.69) is 25.2 Å². The summed E-state index contributed by atoms with van der Waals surface area (Å²) in [5.74, 6) is 1.66. The summed E-state index contributed by atoms with van der Waals surface area (Å²) in [6.07, 6.45) is 3.43. The van der Waals surface area contributed by atoms with Crippen molar-refractivity contribution in [3.63, 3.8) is 0 Å². The molecule has 28 heavy (non-hydrogen) atoms. The van der Waals surface area contributed by atoms with Crippen molar-refractivity contribution in [1.82, 2.24) is 29.1 Å². The van der Waals surface area contributed by atoms with Crippen molar-refractivity contribution in [3.8, 4) is 11.4 Å². The SMILES string of the molecule is CC(C)CS(=O)(=O)N(C)C1CN(c2ccc3nnc(-c4cccnc4)n3n2)C1. The summed E-state index contributed by atoms with van der Waals surface area (Å²) in [4.78, 5) is 6.18. The molecule has 3 aromatic heterocycles. The van der Waals surface area contributed by atoms with E-state index in [1.165, 1.54) is 4.31 Å². The molecule has 1 aliphatic heterocycles. The van der Waals surface area contributed by atoms with Crippen LogP contribution in [0.25, 0.3) is 17.0 Å². The molecule has 0 unspecified atom stereocenters. The molecule has 10 heteroatoms. The van der Waals surface area contributed by atoms with Crippen molar-refractivity contribution in [3.05, 3.63) is 36.7 Å². The van der Waals surface area contributed by atoms with Crippen LogP contribution in [0.15, 0.2) is 36.7 Å². The van der Waals surface area contributed by atoms with Gasteiger partial charge >= 0.3 is 0 Å². The van der Waals surface area contributed by atoms with Gasteiger partial charge in [-0.1, -0.05) is 13.8 Å². The Morgan fingerprint density at radius 3 is 2.68 bits per heavy atom. The Hall–Kier alpha value is -2.59. The second-order valence-corrected chi connectivity index (χ2v) is 9.55. The number of likely N-dealkylation sites (N-methyl/N-ethyl adjacent to an activating group) is 1. The number of sulfonamides is 1. The van der Waals surface area contributed by atoms with Gasteiger partial charge in [-0.2, -0.15) is 8.82 Å². The molecular formula is C18H23N7O2S. The standard InChI is InChI=1S/C18H23N7O2S/c1-13(2)12-28(26,27)23(3)15-10-24(11-15)17-7-6-16-20-21-18(25(16)22-17)14-5-4-8-19-9-14/h4-9,13,15H,10-12H2,1-3H3. The third-order valence-corrected chi connectivity index (χ3v) is 7.12. The summed E-state index contributed by atoms with van der Waals surface area (Å²) >= 11 is 0. The van der Waals surface area contributed by atoms with Crippen molar-refractivity contribution >= 4 is 21.5 Å². The molecule has 0 radical (unpaired) electrons. The predicted octanol–water partition coefficient (Wildman–Crippen LogP) is 1.29. The van der Waals surface area contributed by atoms with E-state index >= 15 is 0 Å². The van der Waals surface area contributed by atoms with Gasteiger partial charge < -0.3 is 4.90 Å². The van der Waals surface area contributed by atoms with E-state index in [0.717, 1.165) is 11.4 Å². The van der Waals surface area contributed by atoms with Crippen LogP contribution in [0.1, 0.15) is 13.8 Å². The minimum Gasteiger partial charge on any atom is -0.352 e. The summed E-state index contributed by atoms with van der Waals surface area (Å²) in [5.41, 5.74) is 1.48. The van der Waals surface area contributed by atoms with Crippen LogP contribution in [0.3, 0.4) is 0 Å². The lowest BCUT2D eigenvalue weighted by Gasteiger charge is -2.44. The molecule has 0 bridgehead atoms. The first-order valence-electron chi connectivity index (χ1n) is 9.18. The van der Waals surface area contributed by atoms with Gasteiger partial charge in [0, 0.05) is 38.1 Å². The number of pyridine rings is 1. The van der Waals surface area contributed by atoms with E-state index < -0.39 is 10.0 Å². The summed E-state index contributed by atoms with van der Waals surface area (Å²) in [7, 11) is -1.58. The molecule has 148 valence electrons. The largest absolute Gasteiger partial charge is 0.352 e. The van der Waals surface area contributed by atoms with E-state index in [-0.39, 0.29) is 17.7 Å². The lowest BCUT2D eigenvalue weighted by Crippen LogP contribution is -2.60. The molecule has 9 nitrogen and oxygen atoms in total. The average molecular weight is 401 g/mol. The maximum Gasteiger partial charge on any atom is 0.214 e. The predicted molar refractivity (Wildman–Crippen MR) is 106 cm³/mol. The molecule has 0 saturated carbocycles. The molecule has 4 rings (SSSR count). The smallest absolute Gasteiger partial charge is 0.214 e. The first kappa shape index (κ1) is 18.8. The van der Waals surface area contributed by atoms with Crippen molar-refractivity contribution in [2.75, 3.05) is 30.8 Å². The lowest BCUT2D eigenvalue weighted by molar-refractivity contribution is 0.307. The van der Waals surface area contributed by atoms with Crippen molar-refractivity contribution in [1.29, 1.82) is 0 Å². The second kappa shape index (κ2) is 7.10. The number of hydrogen-bond acceptors (Lipinski definition) is 7. The van der Waals surface area contributed by atoms with Crippen LogP contribution in [0, 0.1) is 5.92 Å². The van der Waals surface area contributed by atoms with E-state index in [0.29, 0.717) is 24.6 Å². The fourth-order valence-corrected chi connectivity index (χ4v) is 4.93. The molecule has 0 aliphatic carbocycles. The molecule has 0 atom stereocenters. The van der Waals surface area contributed by atoms with Gasteiger partial charge in [0.05, 0.1) is 11.8 Å². The van der Waals surface area contributed by atoms with Crippen LogP contribution < -0.4 is 4.90 Å². The van der Waals surface area contributed by atoms with Crippen LogP contribution in [0.5, 0.6) is 0 Å². The number of fused-ring (bicyclic) bond motifs is 1. The highest BCUT2D eigenvalue weighted by Gasteiger charge is 2.36. The van der Waals surface area contributed by atoms with Gasteiger partial charge in [0.15, 0.2) is 11.5 Å². The van der Waals surface area contributed by atoms with E-state index in [4.69, 9.17) is 0 Å². The Morgan fingerprint density at radius 2 is 2.00 bits per heavy atom. The highest BCUT2D eigenvalue weighted by molar-refractivity contribution is 7.89. The summed E-state index contributed by atoms with van der Waals surface area (Å²) in [5, 5.41) is 13.0. The molecule has 4 heterocycles. The van der Waals surface area contributed by atoms with Crippen LogP contribution in [0.2, 0.25) is 0 Å². The minimum absolute atomic E-state index is 0.0417. The van der Waals surface area contributed by atoms with Crippen molar-refractivity contribution in [2.45, 2.75) is 19.9 Å². The van der Waals surface area contributed by atoms with E-state index in [9.17, 15) is 8.42 Å². The zero-order valence-corrected chi connectivity index (χ0v) is 16.9. The van der Waals surface area contributed by atoms with Crippen LogP contribution in [-0.2, 0) is 10.0 Å². The van der Waals surface area contributed by atoms with Crippen molar-refractivity contribution in [2.24, 2.45) is 5.92 Å². The van der Waals surface area contributed by atoms with Crippen molar-refractivity contribution < 1.29 is 8.42 Å². The quantitative estimate of drug-likeness (QED) is 0.614. The first-order valence-corrected chi connectivity index (χ1v) is 10.8. The third kappa shape index (κ3) is 3.45.